The van der Waals surface area contributed by atoms with Crippen LogP contribution in [-0.2, 0) is 0 Å². The van der Waals surface area contributed by atoms with Crippen molar-refractivity contribution in [3.8, 4) is 0 Å². The fraction of sp³-hybridized carbons (Fsp3) is 0.800. The number of nitrogens with two attached hydrogens (primary N) is 1. The first-order chi connectivity index (χ1) is 11.8. The van der Waals surface area contributed by atoms with Crippen molar-refractivity contribution in [3.05, 3.63) is 11.6 Å². The first-order valence-electron chi connectivity index (χ1n) is 9.84. The summed E-state index contributed by atoms with van der Waals surface area (Å²) in [6.45, 7) is 4.79. The van der Waals surface area contributed by atoms with Gasteiger partial charge in [0.2, 0.25) is 0 Å². The van der Waals surface area contributed by atoms with Crippen LogP contribution < -0.4 is 11.2 Å². The van der Waals surface area contributed by atoms with Crippen molar-refractivity contribution < 1.29 is 9.90 Å². The van der Waals surface area contributed by atoms with Crippen LogP contribution in [0.3, 0.4) is 0 Å². The van der Waals surface area contributed by atoms with E-state index in [1.807, 2.05) is 0 Å². The number of amides is 2. The van der Waals surface area contributed by atoms with Gasteiger partial charge in [-0.2, -0.15) is 5.10 Å². The lowest BCUT2D eigenvalue weighted by Crippen LogP contribution is -2.50. The van der Waals surface area contributed by atoms with Crippen LogP contribution in [0, 0.1) is 28.6 Å². The average Bonchev–Trinajstić information content (AvgIpc) is 2.90. The van der Waals surface area contributed by atoms with Crippen LogP contribution in [0.15, 0.2) is 16.8 Å². The van der Waals surface area contributed by atoms with Crippen molar-refractivity contribution >= 4 is 11.7 Å². The average molecular weight is 345 g/mol. The Labute approximate surface area is 150 Å². The van der Waals surface area contributed by atoms with Crippen molar-refractivity contribution in [3.63, 3.8) is 0 Å². The zero-order valence-electron chi connectivity index (χ0n) is 15.4. The van der Waals surface area contributed by atoms with Crippen LogP contribution in [-0.4, -0.2) is 23.0 Å². The number of hydrogen-bond donors (Lipinski definition) is 3. The largest absolute Gasteiger partial charge is 0.393 e. The van der Waals surface area contributed by atoms with Crippen molar-refractivity contribution in [2.45, 2.75) is 71.3 Å². The van der Waals surface area contributed by atoms with E-state index < -0.39 is 6.03 Å². The van der Waals surface area contributed by atoms with Crippen molar-refractivity contribution in [2.24, 2.45) is 39.4 Å². The Morgan fingerprint density at radius 3 is 2.72 bits per heavy atom. The molecule has 2 amide bonds. The molecule has 25 heavy (non-hydrogen) atoms. The van der Waals surface area contributed by atoms with Crippen LogP contribution in [0.4, 0.5) is 4.79 Å². The molecule has 5 heteroatoms. The number of rotatable bonds is 1. The number of hydrazone groups is 1. The van der Waals surface area contributed by atoms with Crippen LogP contribution in [0.1, 0.15) is 65.2 Å². The molecule has 6 atom stereocenters. The van der Waals surface area contributed by atoms with E-state index in [4.69, 9.17) is 5.73 Å². The number of aliphatic hydroxyl groups excluding tert-OH is 1. The second-order valence-electron chi connectivity index (χ2n) is 9.19. The minimum atomic E-state index is -0.577. The van der Waals surface area contributed by atoms with Crippen LogP contribution >= 0.6 is 0 Å². The van der Waals surface area contributed by atoms with Gasteiger partial charge in [0.15, 0.2) is 0 Å². The molecule has 138 valence electrons. The highest BCUT2D eigenvalue weighted by atomic mass is 16.3. The second-order valence-corrected chi connectivity index (χ2v) is 9.19. The van der Waals surface area contributed by atoms with Crippen LogP contribution in [0.2, 0.25) is 0 Å². The minimum absolute atomic E-state index is 0.0967. The molecule has 0 spiro atoms. The first-order valence-corrected chi connectivity index (χ1v) is 9.84. The molecule has 4 aliphatic rings. The lowest BCUT2D eigenvalue weighted by atomic mass is 9.48. The highest BCUT2D eigenvalue weighted by molar-refractivity contribution is 5.93. The number of allylic oxidation sites excluding steroid dienone is 1. The van der Waals surface area contributed by atoms with Gasteiger partial charge in [-0.15, -0.1) is 0 Å². The molecule has 4 rings (SSSR count). The molecular formula is C20H31N3O2. The number of nitrogens with zero attached hydrogens (tertiary/aromatic N) is 1. The Kier molecular flexibility index (Phi) is 3.98. The molecule has 0 saturated heterocycles. The van der Waals surface area contributed by atoms with E-state index in [0.717, 1.165) is 50.2 Å². The molecule has 0 radical (unpaired) electrons. The highest BCUT2D eigenvalue weighted by Gasteiger charge is 2.57. The molecule has 0 heterocycles. The molecule has 4 aliphatic carbocycles. The summed E-state index contributed by atoms with van der Waals surface area (Å²) in [5.74, 6) is 2.06. The first kappa shape index (κ1) is 17.1. The standard InChI is InChI=1S/C20H31N3O2/c1-19-9-7-13(24)11-12(19)3-4-14-15-5-6-17(22-23-18(21)25)20(15,2)10-8-16(14)19/h3,13-16,24H,4-11H2,1-2H3,(H3,21,23,25)/b22-17-/t13-,14+,15+,16+,19+,20+/m1/s1. The summed E-state index contributed by atoms with van der Waals surface area (Å²) in [6.07, 6.45) is 10.9. The number of nitrogens with one attached hydrogen (secondary N) is 1. The third-order valence-electron chi connectivity index (χ3n) is 8.12. The lowest BCUT2D eigenvalue weighted by Gasteiger charge is -2.57. The van der Waals surface area contributed by atoms with Crippen molar-refractivity contribution in [2.75, 3.05) is 0 Å². The summed E-state index contributed by atoms with van der Waals surface area (Å²) in [4.78, 5) is 11.1. The smallest absolute Gasteiger partial charge is 0.332 e. The number of hydrogen-bond acceptors (Lipinski definition) is 3. The molecular weight excluding hydrogens is 314 g/mol. The van der Waals surface area contributed by atoms with Gasteiger partial charge >= 0.3 is 6.03 Å². The van der Waals surface area contributed by atoms with E-state index in [9.17, 15) is 9.90 Å². The number of aliphatic hydroxyl groups is 1. The molecule has 5 nitrogen and oxygen atoms in total. The van der Waals surface area contributed by atoms with E-state index >= 15 is 0 Å². The molecule has 0 aromatic rings. The molecule has 0 aromatic heterocycles. The number of urea groups is 1. The maximum atomic E-state index is 11.1. The van der Waals surface area contributed by atoms with Gasteiger partial charge in [-0.3, -0.25) is 0 Å². The van der Waals surface area contributed by atoms with E-state index in [1.54, 1.807) is 0 Å². The number of carbonyl (C=O) groups is 1. The van der Waals surface area contributed by atoms with Crippen LogP contribution in [0.25, 0.3) is 0 Å². The Balaban J connectivity index is 1.62. The third-order valence-corrected chi connectivity index (χ3v) is 8.12. The molecule has 3 saturated carbocycles. The molecule has 0 aliphatic heterocycles. The predicted octanol–water partition coefficient (Wildman–Crippen LogP) is 3.33. The van der Waals surface area contributed by atoms with Gasteiger partial charge < -0.3 is 10.8 Å². The molecule has 4 N–H and O–H groups in total. The maximum Gasteiger partial charge on any atom is 0.332 e. The normalized spacial score (nSPS) is 47.5. The lowest BCUT2D eigenvalue weighted by molar-refractivity contribution is -0.0209. The highest BCUT2D eigenvalue weighted by Crippen LogP contribution is 2.64. The third kappa shape index (κ3) is 2.54. The Hall–Kier alpha value is -1.36. The summed E-state index contributed by atoms with van der Waals surface area (Å²) >= 11 is 0. The molecule has 3 fully saturated rings. The zero-order chi connectivity index (χ0) is 17.8. The van der Waals surface area contributed by atoms with Crippen molar-refractivity contribution in [1.82, 2.24) is 5.43 Å². The quantitative estimate of drug-likeness (QED) is 0.503. The van der Waals surface area contributed by atoms with E-state index in [-0.39, 0.29) is 16.9 Å². The van der Waals surface area contributed by atoms with E-state index in [1.165, 1.54) is 18.4 Å². The topological polar surface area (TPSA) is 87.7 Å². The number of carbonyl (C=O) groups excluding carboxylic acids is 1. The molecule has 0 aromatic carbocycles. The zero-order valence-corrected chi connectivity index (χ0v) is 15.4. The van der Waals surface area contributed by atoms with Gasteiger partial charge in [0.05, 0.1) is 6.10 Å². The van der Waals surface area contributed by atoms with Gasteiger partial charge in [-0.25, -0.2) is 10.2 Å². The fourth-order valence-corrected chi connectivity index (χ4v) is 6.74. The van der Waals surface area contributed by atoms with Crippen molar-refractivity contribution in [1.29, 1.82) is 0 Å². The summed E-state index contributed by atoms with van der Waals surface area (Å²) in [7, 11) is 0. The Morgan fingerprint density at radius 2 is 1.96 bits per heavy atom. The number of primary amides is 1. The SMILES string of the molecule is C[C@]12CC[C@@H](O)CC1=CC[C@@H]1[C@@H]2CC[C@]2(C)/C(=N\NC(N)=O)CC[C@@H]12. The van der Waals surface area contributed by atoms with Gasteiger partial charge in [-0.1, -0.05) is 25.5 Å². The monoisotopic (exact) mass is 345 g/mol. The fourth-order valence-electron chi connectivity index (χ4n) is 6.74. The molecule has 0 bridgehead atoms. The number of fused-ring (bicyclic) bond motifs is 5. The van der Waals surface area contributed by atoms with Gasteiger partial charge in [0.25, 0.3) is 0 Å². The van der Waals surface area contributed by atoms with Gasteiger partial charge in [-0.05, 0) is 74.5 Å². The molecule has 0 unspecified atom stereocenters. The van der Waals surface area contributed by atoms with Crippen LogP contribution in [0.5, 0.6) is 0 Å². The summed E-state index contributed by atoms with van der Waals surface area (Å²) in [5, 5.41) is 14.5. The Morgan fingerprint density at radius 1 is 1.24 bits per heavy atom. The summed E-state index contributed by atoms with van der Waals surface area (Å²) in [6, 6.07) is -0.577. The summed E-state index contributed by atoms with van der Waals surface area (Å²) in [5.41, 5.74) is 10.7. The second kappa shape index (κ2) is 5.83. The van der Waals surface area contributed by atoms with E-state index in [0.29, 0.717) is 11.8 Å². The summed E-state index contributed by atoms with van der Waals surface area (Å²) < 4.78 is 0. The maximum absolute atomic E-state index is 11.1. The van der Waals surface area contributed by atoms with Gasteiger partial charge in [0.1, 0.15) is 0 Å². The van der Waals surface area contributed by atoms with Gasteiger partial charge in [0, 0.05) is 11.1 Å². The predicted molar refractivity (Wildman–Crippen MR) is 97.9 cm³/mol. The van der Waals surface area contributed by atoms with E-state index in [2.05, 4.69) is 30.5 Å². The Bertz CT molecular complexity index is 643. The minimum Gasteiger partial charge on any atom is -0.393 e.